The lowest BCUT2D eigenvalue weighted by Gasteiger charge is -2.28. The van der Waals surface area contributed by atoms with Gasteiger partial charge in [-0.15, -0.1) is 0 Å². The highest BCUT2D eigenvalue weighted by molar-refractivity contribution is 5.77. The smallest absolute Gasteiger partial charge is 0.150 e. The average molecular weight is 356 g/mol. The summed E-state index contributed by atoms with van der Waals surface area (Å²) in [5, 5.41) is 0. The number of likely N-dealkylation sites (N-methyl/N-ethyl adjacent to an activating group) is 2. The number of hydrogen-bond donors (Lipinski definition) is 0. The lowest BCUT2D eigenvalue weighted by Crippen LogP contribution is -2.27. The van der Waals surface area contributed by atoms with Gasteiger partial charge in [0.25, 0.3) is 0 Å². The number of carbonyl (C=O) groups excluding carboxylic acids is 1. The molecule has 0 aromatic heterocycles. The summed E-state index contributed by atoms with van der Waals surface area (Å²) in [6, 6.07) is 29.6. The fraction of sp³-hybridized carbons (Fsp3) is 0.208. The normalized spacial score (nSPS) is 21.4. The van der Waals surface area contributed by atoms with Crippen molar-refractivity contribution < 1.29 is 4.79 Å². The van der Waals surface area contributed by atoms with Gasteiger partial charge < -0.3 is 0 Å². The van der Waals surface area contributed by atoms with E-state index in [1.54, 1.807) is 0 Å². The van der Waals surface area contributed by atoms with Crippen molar-refractivity contribution in [3.8, 4) is 0 Å². The zero-order valence-electron chi connectivity index (χ0n) is 15.7. The zero-order valence-corrected chi connectivity index (χ0v) is 15.7. The second kappa shape index (κ2) is 7.47. The minimum absolute atomic E-state index is 0.0295. The van der Waals surface area contributed by atoms with E-state index < -0.39 is 0 Å². The summed E-state index contributed by atoms with van der Waals surface area (Å²) < 4.78 is 0. The molecule has 0 unspecified atom stereocenters. The topological polar surface area (TPSA) is 23.6 Å². The minimum atomic E-state index is 0.0295. The zero-order chi connectivity index (χ0) is 18.8. The van der Waals surface area contributed by atoms with Crippen molar-refractivity contribution in [2.75, 3.05) is 14.1 Å². The van der Waals surface area contributed by atoms with E-state index in [0.717, 1.165) is 17.4 Å². The largest absolute Gasteiger partial charge is 0.298 e. The van der Waals surface area contributed by atoms with E-state index in [9.17, 15) is 4.79 Å². The fourth-order valence-electron chi connectivity index (χ4n) is 4.46. The Morgan fingerprint density at radius 2 is 1.11 bits per heavy atom. The molecule has 1 aliphatic heterocycles. The molecule has 0 saturated carbocycles. The van der Waals surface area contributed by atoms with Crippen LogP contribution in [-0.4, -0.2) is 30.2 Å². The molecule has 3 nitrogen and oxygen atoms in total. The lowest BCUT2D eigenvalue weighted by molar-refractivity contribution is 0.111. The molecule has 1 saturated heterocycles. The molecule has 0 aliphatic carbocycles. The first-order valence-electron chi connectivity index (χ1n) is 9.30. The predicted molar refractivity (Wildman–Crippen MR) is 108 cm³/mol. The summed E-state index contributed by atoms with van der Waals surface area (Å²) in [4.78, 5) is 16.4. The van der Waals surface area contributed by atoms with Crippen LogP contribution in [0.25, 0.3) is 0 Å². The molecule has 3 aromatic rings. The molecule has 1 heterocycles. The van der Waals surface area contributed by atoms with Gasteiger partial charge in [-0.3, -0.25) is 14.6 Å². The predicted octanol–water partition coefficient (Wildman–Crippen LogP) is 4.86. The van der Waals surface area contributed by atoms with Crippen molar-refractivity contribution in [1.82, 2.24) is 9.80 Å². The van der Waals surface area contributed by atoms with Crippen LogP contribution in [0.3, 0.4) is 0 Å². The Labute approximate surface area is 160 Å². The SMILES string of the molecule is CN1C(c2ccccc2C=O)N(C)[C@H](c2ccccc2)[C@H]1c1ccccc1. The van der Waals surface area contributed by atoms with Crippen molar-refractivity contribution in [3.05, 3.63) is 107 Å². The molecule has 0 radical (unpaired) electrons. The molecule has 0 spiro atoms. The average Bonchev–Trinajstić information content (AvgIpc) is 2.99. The van der Waals surface area contributed by atoms with E-state index in [2.05, 4.69) is 90.6 Å². The highest BCUT2D eigenvalue weighted by Gasteiger charge is 2.45. The highest BCUT2D eigenvalue weighted by Crippen LogP contribution is 2.50. The van der Waals surface area contributed by atoms with Crippen molar-refractivity contribution >= 4 is 6.29 Å². The molecule has 27 heavy (non-hydrogen) atoms. The molecule has 3 aromatic carbocycles. The van der Waals surface area contributed by atoms with Crippen LogP contribution in [0.5, 0.6) is 0 Å². The maximum absolute atomic E-state index is 11.7. The van der Waals surface area contributed by atoms with Gasteiger partial charge in [0.1, 0.15) is 6.29 Å². The van der Waals surface area contributed by atoms with Crippen LogP contribution < -0.4 is 0 Å². The van der Waals surface area contributed by atoms with E-state index in [4.69, 9.17) is 0 Å². The maximum Gasteiger partial charge on any atom is 0.150 e. The van der Waals surface area contributed by atoms with Gasteiger partial charge in [-0.05, 0) is 30.8 Å². The van der Waals surface area contributed by atoms with Crippen LogP contribution in [0.2, 0.25) is 0 Å². The number of nitrogens with zero attached hydrogens (tertiary/aromatic N) is 2. The Morgan fingerprint density at radius 1 is 0.667 bits per heavy atom. The Balaban J connectivity index is 1.85. The third kappa shape index (κ3) is 3.09. The molecular formula is C24H24N2O. The highest BCUT2D eigenvalue weighted by atomic mass is 16.1. The minimum Gasteiger partial charge on any atom is -0.298 e. The molecule has 1 fully saturated rings. The Hall–Kier alpha value is -2.75. The molecule has 3 heteroatoms. The molecule has 0 N–H and O–H groups in total. The van der Waals surface area contributed by atoms with Crippen LogP contribution in [0.15, 0.2) is 84.9 Å². The summed E-state index contributed by atoms with van der Waals surface area (Å²) in [6.45, 7) is 0. The molecule has 0 amide bonds. The van der Waals surface area contributed by atoms with Gasteiger partial charge in [0.2, 0.25) is 0 Å². The molecular weight excluding hydrogens is 332 g/mol. The van der Waals surface area contributed by atoms with Gasteiger partial charge >= 0.3 is 0 Å². The summed E-state index contributed by atoms with van der Waals surface area (Å²) in [7, 11) is 4.31. The third-order valence-electron chi connectivity index (χ3n) is 5.63. The lowest BCUT2D eigenvalue weighted by atomic mass is 9.93. The third-order valence-corrected chi connectivity index (χ3v) is 5.63. The molecule has 2 atom stereocenters. The Morgan fingerprint density at radius 3 is 1.59 bits per heavy atom. The summed E-state index contributed by atoms with van der Waals surface area (Å²) >= 11 is 0. The molecule has 4 rings (SSSR count). The van der Waals surface area contributed by atoms with E-state index in [1.807, 2.05) is 18.2 Å². The number of hydrogen-bond acceptors (Lipinski definition) is 3. The number of rotatable bonds is 4. The molecule has 0 bridgehead atoms. The number of carbonyl (C=O) groups is 1. The number of benzene rings is 3. The van der Waals surface area contributed by atoms with E-state index in [-0.39, 0.29) is 18.2 Å². The summed E-state index contributed by atoms with van der Waals surface area (Å²) in [6.07, 6.45) is 0.992. The second-order valence-electron chi connectivity index (χ2n) is 7.16. The fourth-order valence-corrected chi connectivity index (χ4v) is 4.46. The standard InChI is InChI=1S/C24H24N2O/c1-25-22(18-11-5-3-6-12-18)23(19-13-7-4-8-14-19)26(2)24(25)21-16-10-9-15-20(21)17-27/h3-17,22-24H,1-2H3/t22-,23-/m1/s1. The Bertz CT molecular complexity index is 858. The summed E-state index contributed by atoms with van der Waals surface area (Å²) in [5.41, 5.74) is 4.37. The number of aldehydes is 1. The van der Waals surface area contributed by atoms with Gasteiger partial charge in [0, 0.05) is 5.56 Å². The van der Waals surface area contributed by atoms with Crippen LogP contribution in [-0.2, 0) is 0 Å². The van der Waals surface area contributed by atoms with E-state index in [1.165, 1.54) is 11.1 Å². The van der Waals surface area contributed by atoms with Crippen LogP contribution in [0.1, 0.15) is 45.3 Å². The van der Waals surface area contributed by atoms with Gasteiger partial charge in [-0.1, -0.05) is 84.9 Å². The van der Waals surface area contributed by atoms with Crippen LogP contribution in [0, 0.1) is 0 Å². The van der Waals surface area contributed by atoms with Crippen molar-refractivity contribution in [1.29, 1.82) is 0 Å². The molecule has 1 aliphatic rings. The van der Waals surface area contributed by atoms with E-state index in [0.29, 0.717) is 0 Å². The van der Waals surface area contributed by atoms with Crippen LogP contribution >= 0.6 is 0 Å². The second-order valence-corrected chi connectivity index (χ2v) is 7.16. The van der Waals surface area contributed by atoms with Gasteiger partial charge in [-0.25, -0.2) is 0 Å². The van der Waals surface area contributed by atoms with Crippen molar-refractivity contribution in [2.24, 2.45) is 0 Å². The van der Waals surface area contributed by atoms with Crippen molar-refractivity contribution in [3.63, 3.8) is 0 Å². The monoisotopic (exact) mass is 356 g/mol. The Kier molecular flexibility index (Phi) is 4.88. The van der Waals surface area contributed by atoms with Gasteiger partial charge in [0.15, 0.2) is 0 Å². The quantitative estimate of drug-likeness (QED) is 0.624. The van der Waals surface area contributed by atoms with Crippen molar-refractivity contribution in [2.45, 2.75) is 18.2 Å². The first-order valence-corrected chi connectivity index (χ1v) is 9.30. The van der Waals surface area contributed by atoms with E-state index >= 15 is 0 Å². The van der Waals surface area contributed by atoms with Gasteiger partial charge in [0.05, 0.1) is 18.2 Å². The summed E-state index contributed by atoms with van der Waals surface area (Å²) in [5.74, 6) is 0. The van der Waals surface area contributed by atoms with Crippen LogP contribution in [0.4, 0.5) is 0 Å². The molecule has 136 valence electrons. The first kappa shape index (κ1) is 17.7. The van der Waals surface area contributed by atoms with Gasteiger partial charge in [-0.2, -0.15) is 0 Å². The first-order chi connectivity index (χ1) is 13.2. The maximum atomic E-state index is 11.7.